The van der Waals surface area contributed by atoms with Crippen molar-refractivity contribution in [1.82, 2.24) is 15.0 Å². The summed E-state index contributed by atoms with van der Waals surface area (Å²) in [4.78, 5) is 5.57. The molecule has 33 heavy (non-hydrogen) atoms. The second kappa shape index (κ2) is 10.9. The van der Waals surface area contributed by atoms with E-state index < -0.39 is 23.9 Å². The number of aliphatic hydroxyl groups is 1. The number of hydrogen-bond donors (Lipinski definition) is 3. The van der Waals surface area contributed by atoms with Crippen molar-refractivity contribution in [1.29, 1.82) is 5.41 Å². The van der Waals surface area contributed by atoms with E-state index in [1.54, 1.807) is 0 Å². The molecule has 0 bridgehead atoms. The summed E-state index contributed by atoms with van der Waals surface area (Å²) < 4.78 is 51.7. The lowest BCUT2D eigenvalue weighted by Gasteiger charge is -2.22. The molecule has 11 heteroatoms. The fourth-order valence-corrected chi connectivity index (χ4v) is 3.90. The van der Waals surface area contributed by atoms with Gasteiger partial charge in [0.1, 0.15) is 11.8 Å². The van der Waals surface area contributed by atoms with E-state index in [0.717, 1.165) is 38.2 Å². The molecule has 1 fully saturated rings. The molecule has 8 nitrogen and oxygen atoms in total. The smallest absolute Gasteiger partial charge is 0.419 e. The normalized spacial score (nSPS) is 18.6. The molecule has 0 spiro atoms. The maximum absolute atomic E-state index is 13.7. The molecule has 2 aromatic rings. The fraction of sp³-hybridized carbons (Fsp3) is 0.591. The molecule has 0 aliphatic carbocycles. The molecule has 2 atom stereocenters. The number of alkyl halides is 3. The fourth-order valence-electron chi connectivity index (χ4n) is 3.90. The zero-order valence-electron chi connectivity index (χ0n) is 18.6. The number of nitrogens with two attached hydrogens (primary N) is 1. The summed E-state index contributed by atoms with van der Waals surface area (Å²) >= 11 is 0. The van der Waals surface area contributed by atoms with E-state index in [1.165, 1.54) is 17.0 Å². The van der Waals surface area contributed by atoms with Gasteiger partial charge in [-0.2, -0.15) is 18.2 Å². The van der Waals surface area contributed by atoms with E-state index in [4.69, 9.17) is 20.4 Å². The van der Waals surface area contributed by atoms with Crippen LogP contribution in [0.4, 0.5) is 13.2 Å². The number of unbranched alkanes of at least 4 members (excludes halogenated alkanes) is 5. The molecule has 1 aliphatic rings. The Morgan fingerprint density at radius 3 is 2.70 bits per heavy atom. The van der Waals surface area contributed by atoms with Gasteiger partial charge in [-0.3, -0.25) is 5.41 Å². The van der Waals surface area contributed by atoms with Gasteiger partial charge in [0.15, 0.2) is 5.96 Å². The average Bonchev–Trinajstić information content (AvgIpc) is 3.39. The highest BCUT2D eigenvalue weighted by atomic mass is 19.4. The summed E-state index contributed by atoms with van der Waals surface area (Å²) in [5, 5.41) is 21.6. The lowest BCUT2D eigenvalue weighted by molar-refractivity contribution is -0.138. The van der Waals surface area contributed by atoms with Crippen LogP contribution in [0.5, 0.6) is 5.75 Å². The van der Waals surface area contributed by atoms with Gasteiger partial charge in [0, 0.05) is 12.1 Å². The molecule has 0 radical (unpaired) electrons. The lowest BCUT2D eigenvalue weighted by atomic mass is 10.1. The maximum Gasteiger partial charge on any atom is 0.419 e. The van der Waals surface area contributed by atoms with Gasteiger partial charge in [0.25, 0.3) is 5.89 Å². The number of aliphatic hydroxyl groups excluding tert-OH is 1. The largest absolute Gasteiger partial charge is 0.493 e. The van der Waals surface area contributed by atoms with Crippen LogP contribution in [0.2, 0.25) is 0 Å². The first-order valence-electron chi connectivity index (χ1n) is 11.2. The SMILES string of the molecule is CCCCCCCCOc1ccc(-c2noc([C@@H]3[C@@H](O)CCN3C(=N)N)n2)cc1C(F)(F)F. The number of aromatic nitrogens is 2. The summed E-state index contributed by atoms with van der Waals surface area (Å²) in [6.45, 7) is 2.67. The second-order valence-electron chi connectivity index (χ2n) is 8.16. The van der Waals surface area contributed by atoms with Crippen LogP contribution < -0.4 is 10.5 Å². The highest BCUT2D eigenvalue weighted by Gasteiger charge is 2.39. The van der Waals surface area contributed by atoms with Crippen molar-refractivity contribution < 1.29 is 27.5 Å². The molecule has 0 unspecified atom stereocenters. The van der Waals surface area contributed by atoms with Crippen LogP contribution in [0.3, 0.4) is 0 Å². The number of rotatable bonds is 10. The van der Waals surface area contributed by atoms with Crippen molar-refractivity contribution in [3.05, 3.63) is 29.7 Å². The number of ether oxygens (including phenoxy) is 1. The van der Waals surface area contributed by atoms with Crippen LogP contribution in [0.15, 0.2) is 22.7 Å². The Labute approximate surface area is 190 Å². The van der Waals surface area contributed by atoms with Crippen molar-refractivity contribution in [3.63, 3.8) is 0 Å². The van der Waals surface area contributed by atoms with Gasteiger partial charge in [0.05, 0.1) is 18.3 Å². The molecule has 0 amide bonds. The number of nitrogens with zero attached hydrogens (tertiary/aromatic N) is 3. The Kier molecular flexibility index (Phi) is 8.17. The Morgan fingerprint density at radius 2 is 2.00 bits per heavy atom. The average molecular weight is 470 g/mol. The third kappa shape index (κ3) is 6.16. The van der Waals surface area contributed by atoms with Crippen molar-refractivity contribution in [2.45, 2.75) is 70.2 Å². The van der Waals surface area contributed by atoms with Gasteiger partial charge in [-0.15, -0.1) is 0 Å². The van der Waals surface area contributed by atoms with Crippen LogP contribution in [-0.4, -0.2) is 45.4 Å². The van der Waals surface area contributed by atoms with Crippen LogP contribution in [0.1, 0.15) is 69.4 Å². The van der Waals surface area contributed by atoms with Crippen molar-refractivity contribution >= 4 is 5.96 Å². The molecular weight excluding hydrogens is 439 g/mol. The molecule has 1 aliphatic heterocycles. The van der Waals surface area contributed by atoms with Gasteiger partial charge in [-0.25, -0.2) is 0 Å². The minimum absolute atomic E-state index is 0.0119. The van der Waals surface area contributed by atoms with Gasteiger partial charge in [-0.05, 0) is 31.0 Å². The first kappa shape index (κ1) is 24.8. The summed E-state index contributed by atoms with van der Waals surface area (Å²) in [5.74, 6) is -0.567. The lowest BCUT2D eigenvalue weighted by Crippen LogP contribution is -2.37. The quantitative estimate of drug-likeness (QED) is 0.266. The van der Waals surface area contributed by atoms with Crippen molar-refractivity contribution in [2.75, 3.05) is 13.2 Å². The first-order valence-corrected chi connectivity index (χ1v) is 11.2. The van der Waals surface area contributed by atoms with Gasteiger partial charge in [-0.1, -0.05) is 44.2 Å². The number of halogens is 3. The zero-order chi connectivity index (χ0) is 24.0. The van der Waals surface area contributed by atoms with E-state index in [0.29, 0.717) is 19.4 Å². The molecule has 1 aromatic carbocycles. The summed E-state index contributed by atoms with van der Waals surface area (Å²) in [5.41, 5.74) is 4.73. The van der Waals surface area contributed by atoms with Crippen molar-refractivity contribution in [2.24, 2.45) is 5.73 Å². The van der Waals surface area contributed by atoms with Crippen LogP contribution in [0, 0.1) is 5.41 Å². The van der Waals surface area contributed by atoms with E-state index in [1.807, 2.05) is 0 Å². The zero-order valence-corrected chi connectivity index (χ0v) is 18.6. The number of likely N-dealkylation sites (tertiary alicyclic amines) is 1. The molecule has 4 N–H and O–H groups in total. The summed E-state index contributed by atoms with van der Waals surface area (Å²) in [6.07, 6.45) is 0.901. The van der Waals surface area contributed by atoms with Gasteiger partial charge < -0.3 is 25.0 Å². The minimum atomic E-state index is -4.62. The van der Waals surface area contributed by atoms with Crippen molar-refractivity contribution in [3.8, 4) is 17.1 Å². The Morgan fingerprint density at radius 1 is 1.27 bits per heavy atom. The third-order valence-corrected chi connectivity index (χ3v) is 5.67. The molecule has 1 saturated heterocycles. The summed E-state index contributed by atoms with van der Waals surface area (Å²) in [6, 6.07) is 2.82. The van der Waals surface area contributed by atoms with Crippen LogP contribution >= 0.6 is 0 Å². The number of benzene rings is 1. The van der Waals surface area contributed by atoms with E-state index >= 15 is 0 Å². The first-order chi connectivity index (χ1) is 15.7. The molecule has 3 rings (SSSR count). The minimum Gasteiger partial charge on any atom is -0.493 e. The molecule has 182 valence electrons. The van der Waals surface area contributed by atoms with E-state index in [2.05, 4.69) is 17.1 Å². The monoisotopic (exact) mass is 469 g/mol. The predicted molar refractivity (Wildman–Crippen MR) is 116 cm³/mol. The second-order valence-corrected chi connectivity index (χ2v) is 8.16. The Balaban J connectivity index is 1.73. The van der Waals surface area contributed by atoms with Gasteiger partial charge >= 0.3 is 6.18 Å². The molecular formula is C22H30F3N5O3. The number of hydrogen-bond acceptors (Lipinski definition) is 6. The summed E-state index contributed by atoms with van der Waals surface area (Å²) in [7, 11) is 0. The van der Waals surface area contributed by atoms with Crippen LogP contribution in [0.25, 0.3) is 11.4 Å². The predicted octanol–water partition coefficient (Wildman–Crippen LogP) is 4.50. The molecule has 0 saturated carbocycles. The van der Waals surface area contributed by atoms with E-state index in [9.17, 15) is 18.3 Å². The number of guanidine groups is 1. The number of nitrogens with one attached hydrogen (secondary N) is 1. The standard InChI is InChI=1S/C22H30F3N5O3/c1-2-3-4-5-6-7-12-32-17-9-8-14(13-15(17)22(23,24)25)19-28-20(33-29-19)18-16(31)10-11-30(18)21(26)27/h8-9,13,16,18,31H,2-7,10-12H2,1H3,(H3,26,27)/t16-,18-/m0/s1. The van der Waals surface area contributed by atoms with Crippen LogP contribution in [-0.2, 0) is 6.18 Å². The Bertz CT molecular complexity index is 934. The van der Waals surface area contributed by atoms with E-state index in [-0.39, 0.29) is 35.6 Å². The topological polar surface area (TPSA) is 121 Å². The Hall–Kier alpha value is -2.82. The van der Waals surface area contributed by atoms with Gasteiger partial charge in [0.2, 0.25) is 5.82 Å². The highest BCUT2D eigenvalue weighted by molar-refractivity contribution is 5.75. The highest BCUT2D eigenvalue weighted by Crippen LogP contribution is 2.39. The molecule has 1 aromatic heterocycles. The third-order valence-electron chi connectivity index (χ3n) is 5.67. The maximum atomic E-state index is 13.7. The molecule has 2 heterocycles.